The molecule has 200 valence electrons. The number of carbonyl (C=O) groups is 2. The molecule has 0 spiro atoms. The Kier molecular flexibility index (Phi) is 8.19. The van der Waals surface area contributed by atoms with Crippen LogP contribution in [0.25, 0.3) is 0 Å². The maximum absolute atomic E-state index is 13.5. The van der Waals surface area contributed by atoms with Gasteiger partial charge in [0.05, 0.1) is 20.0 Å². The summed E-state index contributed by atoms with van der Waals surface area (Å²) in [4.78, 5) is 31.5. The lowest BCUT2D eigenvalue weighted by molar-refractivity contribution is -0.145. The van der Waals surface area contributed by atoms with Gasteiger partial charge in [0.15, 0.2) is 6.10 Å². The minimum Gasteiger partial charge on any atom is -0.481 e. The molecule has 1 saturated heterocycles. The summed E-state index contributed by atoms with van der Waals surface area (Å²) < 4.78 is 13.5. The van der Waals surface area contributed by atoms with Crippen molar-refractivity contribution in [2.24, 2.45) is 0 Å². The van der Waals surface area contributed by atoms with Crippen molar-refractivity contribution in [2.45, 2.75) is 31.5 Å². The topological polar surface area (TPSA) is 73.7 Å². The smallest absolute Gasteiger partial charge is 0.328 e. The second kappa shape index (κ2) is 11.9. The van der Waals surface area contributed by atoms with E-state index in [9.17, 15) is 9.59 Å². The molecular formula is C30H27Cl2N3O4. The molecule has 7 nitrogen and oxygen atoms in total. The van der Waals surface area contributed by atoms with E-state index in [0.29, 0.717) is 40.9 Å². The number of likely N-dealkylation sites (tertiary alicyclic amines) is 1. The second-order valence-corrected chi connectivity index (χ2v) is 10.2. The van der Waals surface area contributed by atoms with Crippen LogP contribution < -0.4 is 4.74 Å². The summed E-state index contributed by atoms with van der Waals surface area (Å²) in [6, 6.07) is 19.7. The predicted molar refractivity (Wildman–Crippen MR) is 149 cm³/mol. The van der Waals surface area contributed by atoms with Crippen LogP contribution in [0, 0.1) is 0 Å². The van der Waals surface area contributed by atoms with E-state index in [2.05, 4.69) is 4.98 Å². The van der Waals surface area contributed by atoms with E-state index in [1.807, 2.05) is 65.4 Å². The standard InChI is InChI=1S/C30H27Cl2N3O4/c1-38-30(37)26-7-4-15-35(26)29(36)21-10-13-27(22(17-21)18-34-16-14-33-19-34)39-28(20-8-11-23(31)12-9-20)24-5-2-3-6-25(24)32/h2-3,5-6,8-14,16-17,19,26,28H,4,7,15,18H2,1H3. The molecule has 0 N–H and O–H groups in total. The largest absolute Gasteiger partial charge is 0.481 e. The van der Waals surface area contributed by atoms with Gasteiger partial charge in [0.25, 0.3) is 5.91 Å². The van der Waals surface area contributed by atoms with Gasteiger partial charge in [-0.15, -0.1) is 0 Å². The van der Waals surface area contributed by atoms with Gasteiger partial charge in [-0.25, -0.2) is 9.78 Å². The van der Waals surface area contributed by atoms with Gasteiger partial charge in [-0.05, 0) is 54.8 Å². The van der Waals surface area contributed by atoms with E-state index in [4.69, 9.17) is 32.7 Å². The molecule has 0 bridgehead atoms. The molecule has 1 amide bonds. The fourth-order valence-corrected chi connectivity index (χ4v) is 5.21. The summed E-state index contributed by atoms with van der Waals surface area (Å²) in [7, 11) is 1.34. The average Bonchev–Trinajstić information content (AvgIpc) is 3.65. The number of amides is 1. The van der Waals surface area contributed by atoms with Crippen LogP contribution in [-0.2, 0) is 16.1 Å². The van der Waals surface area contributed by atoms with Gasteiger partial charge in [0.1, 0.15) is 11.8 Å². The molecule has 1 aliphatic rings. The van der Waals surface area contributed by atoms with E-state index in [1.54, 1.807) is 29.6 Å². The highest BCUT2D eigenvalue weighted by molar-refractivity contribution is 6.31. The Hall–Kier alpha value is -3.81. The Morgan fingerprint density at radius 1 is 1.08 bits per heavy atom. The van der Waals surface area contributed by atoms with E-state index in [0.717, 1.165) is 23.1 Å². The zero-order valence-corrected chi connectivity index (χ0v) is 22.8. The minimum absolute atomic E-state index is 0.221. The summed E-state index contributed by atoms with van der Waals surface area (Å²) in [5, 5.41) is 1.19. The highest BCUT2D eigenvalue weighted by atomic mass is 35.5. The lowest BCUT2D eigenvalue weighted by Crippen LogP contribution is -2.41. The molecule has 0 aliphatic carbocycles. The zero-order valence-electron chi connectivity index (χ0n) is 21.3. The van der Waals surface area contributed by atoms with Crippen molar-refractivity contribution in [3.05, 3.63) is 118 Å². The van der Waals surface area contributed by atoms with Gasteiger partial charge in [0.2, 0.25) is 0 Å². The van der Waals surface area contributed by atoms with Gasteiger partial charge in [0, 0.05) is 45.7 Å². The van der Waals surface area contributed by atoms with E-state index in [1.165, 1.54) is 7.11 Å². The summed E-state index contributed by atoms with van der Waals surface area (Å²) in [5.74, 6) is -0.0299. The Bertz CT molecular complexity index is 1460. The lowest BCUT2D eigenvalue weighted by atomic mass is 10.0. The van der Waals surface area contributed by atoms with Crippen molar-refractivity contribution in [1.82, 2.24) is 14.5 Å². The Balaban J connectivity index is 1.53. The molecule has 1 aliphatic heterocycles. The SMILES string of the molecule is COC(=O)C1CCCN1C(=O)c1ccc(OC(c2ccc(Cl)cc2)c2ccccc2Cl)c(Cn2ccnc2)c1. The molecule has 4 aromatic rings. The van der Waals surface area contributed by atoms with Crippen molar-refractivity contribution in [2.75, 3.05) is 13.7 Å². The molecule has 2 heterocycles. The first-order valence-electron chi connectivity index (χ1n) is 12.6. The summed E-state index contributed by atoms with van der Waals surface area (Å²) in [5.41, 5.74) is 2.92. The molecule has 0 saturated carbocycles. The van der Waals surface area contributed by atoms with Crippen LogP contribution in [0.1, 0.15) is 46.0 Å². The first-order valence-corrected chi connectivity index (χ1v) is 13.3. The third-order valence-corrected chi connectivity index (χ3v) is 7.41. The molecule has 9 heteroatoms. The number of halogens is 2. The van der Waals surface area contributed by atoms with Crippen LogP contribution in [0.2, 0.25) is 10.0 Å². The molecule has 0 radical (unpaired) electrons. The van der Waals surface area contributed by atoms with Gasteiger partial charge in [-0.1, -0.05) is 53.5 Å². The van der Waals surface area contributed by atoms with Crippen molar-refractivity contribution >= 4 is 35.1 Å². The number of nitrogens with zero attached hydrogens (tertiary/aromatic N) is 3. The summed E-state index contributed by atoms with van der Waals surface area (Å²) >= 11 is 12.8. The van der Waals surface area contributed by atoms with Crippen molar-refractivity contribution < 1.29 is 19.1 Å². The van der Waals surface area contributed by atoms with Gasteiger partial charge in [-0.2, -0.15) is 0 Å². The number of rotatable bonds is 8. The third kappa shape index (κ3) is 5.95. The number of hydrogen-bond donors (Lipinski definition) is 0. The monoisotopic (exact) mass is 563 g/mol. The Morgan fingerprint density at radius 3 is 2.59 bits per heavy atom. The second-order valence-electron chi connectivity index (χ2n) is 9.31. The quantitative estimate of drug-likeness (QED) is 0.239. The average molecular weight is 564 g/mol. The molecule has 3 aromatic carbocycles. The van der Waals surface area contributed by atoms with Crippen molar-refractivity contribution in [3.63, 3.8) is 0 Å². The van der Waals surface area contributed by atoms with Gasteiger partial charge < -0.3 is 18.9 Å². The minimum atomic E-state index is -0.579. The van der Waals surface area contributed by atoms with Crippen LogP contribution >= 0.6 is 23.2 Å². The number of benzene rings is 3. The van der Waals surface area contributed by atoms with Crippen LogP contribution in [0.3, 0.4) is 0 Å². The predicted octanol–water partition coefficient (Wildman–Crippen LogP) is 6.18. The van der Waals surface area contributed by atoms with Gasteiger partial charge in [-0.3, -0.25) is 4.79 Å². The number of aromatic nitrogens is 2. The number of carbonyl (C=O) groups excluding carboxylic acids is 2. The number of ether oxygens (including phenoxy) is 2. The zero-order chi connectivity index (χ0) is 27.4. The van der Waals surface area contributed by atoms with Crippen molar-refractivity contribution in [3.8, 4) is 5.75 Å². The van der Waals surface area contributed by atoms with Gasteiger partial charge >= 0.3 is 5.97 Å². The highest BCUT2D eigenvalue weighted by Crippen LogP contribution is 2.35. The maximum Gasteiger partial charge on any atom is 0.328 e. The maximum atomic E-state index is 13.5. The molecule has 2 unspecified atom stereocenters. The molecule has 2 atom stereocenters. The summed E-state index contributed by atoms with van der Waals surface area (Å²) in [6.45, 7) is 0.922. The first-order chi connectivity index (χ1) is 18.9. The normalized spacial score (nSPS) is 15.7. The molecule has 39 heavy (non-hydrogen) atoms. The first kappa shape index (κ1) is 26.8. The number of hydrogen-bond acceptors (Lipinski definition) is 5. The molecule has 1 fully saturated rings. The van der Waals surface area contributed by atoms with Crippen LogP contribution in [0.5, 0.6) is 5.75 Å². The molecule has 5 rings (SSSR count). The Morgan fingerprint density at radius 2 is 1.87 bits per heavy atom. The summed E-state index contributed by atoms with van der Waals surface area (Å²) in [6.07, 6.45) is 6.05. The highest BCUT2D eigenvalue weighted by Gasteiger charge is 2.35. The fourth-order valence-electron chi connectivity index (χ4n) is 4.85. The van der Waals surface area contributed by atoms with Crippen LogP contribution in [0.4, 0.5) is 0 Å². The van der Waals surface area contributed by atoms with Crippen LogP contribution in [-0.4, -0.2) is 46.0 Å². The van der Waals surface area contributed by atoms with E-state index in [-0.39, 0.29) is 5.91 Å². The number of methoxy groups -OCH3 is 1. The fraction of sp³-hybridized carbons (Fsp3) is 0.233. The third-order valence-electron chi connectivity index (χ3n) is 6.81. The van der Waals surface area contributed by atoms with Crippen molar-refractivity contribution in [1.29, 1.82) is 0 Å². The number of esters is 1. The van der Waals surface area contributed by atoms with E-state index >= 15 is 0 Å². The lowest BCUT2D eigenvalue weighted by Gasteiger charge is -2.25. The molecule has 1 aromatic heterocycles. The molecular weight excluding hydrogens is 537 g/mol. The number of imidazole rings is 1. The van der Waals surface area contributed by atoms with E-state index < -0.39 is 18.1 Å². The van der Waals surface area contributed by atoms with Crippen LogP contribution in [0.15, 0.2) is 85.5 Å². The Labute approximate surface area is 236 Å².